The van der Waals surface area contributed by atoms with Crippen LogP contribution in [0.1, 0.15) is 18.2 Å². The molecule has 3 N–H and O–H groups in total. The van der Waals surface area contributed by atoms with Gasteiger partial charge in [-0.15, -0.1) is 17.8 Å². The minimum atomic E-state index is 0.154. The normalized spacial score (nSPS) is 12.3. The molecule has 1 aromatic heterocycles. The summed E-state index contributed by atoms with van der Waals surface area (Å²) in [6.07, 6.45) is 6.27. The van der Waals surface area contributed by atoms with Gasteiger partial charge in [-0.2, -0.15) is 0 Å². The van der Waals surface area contributed by atoms with Crippen molar-refractivity contribution >= 4 is 17.0 Å². The van der Waals surface area contributed by atoms with Crippen molar-refractivity contribution in [1.82, 2.24) is 5.32 Å². The first-order valence-electron chi connectivity index (χ1n) is 4.29. The largest absolute Gasteiger partial charge is 0.398 e. The van der Waals surface area contributed by atoms with Crippen LogP contribution in [0.15, 0.2) is 11.4 Å². The van der Waals surface area contributed by atoms with E-state index in [9.17, 15) is 0 Å². The predicted molar refractivity (Wildman–Crippen MR) is 58.5 cm³/mol. The van der Waals surface area contributed by atoms with Crippen LogP contribution in [0.4, 0.5) is 5.69 Å². The third kappa shape index (κ3) is 2.76. The lowest BCUT2D eigenvalue weighted by Gasteiger charge is -2.09. The van der Waals surface area contributed by atoms with Gasteiger partial charge in [-0.05, 0) is 17.9 Å². The molecule has 2 nitrogen and oxygen atoms in total. The number of terminal acetylenes is 1. The van der Waals surface area contributed by atoms with Crippen LogP contribution < -0.4 is 11.1 Å². The maximum Gasteiger partial charge on any atom is 0.0687 e. The third-order valence-corrected chi connectivity index (χ3v) is 2.84. The Labute approximate surface area is 83.2 Å². The van der Waals surface area contributed by atoms with E-state index in [1.54, 1.807) is 11.3 Å². The van der Waals surface area contributed by atoms with E-state index in [2.05, 4.69) is 18.2 Å². The van der Waals surface area contributed by atoms with E-state index in [1.165, 1.54) is 0 Å². The first kappa shape index (κ1) is 10.1. The van der Waals surface area contributed by atoms with Crippen molar-refractivity contribution in [3.05, 3.63) is 16.3 Å². The molecular formula is C10H14N2S. The van der Waals surface area contributed by atoms with Crippen LogP contribution >= 0.6 is 11.3 Å². The Morgan fingerprint density at radius 1 is 1.77 bits per heavy atom. The van der Waals surface area contributed by atoms with Crippen molar-refractivity contribution in [2.75, 3.05) is 5.73 Å². The van der Waals surface area contributed by atoms with Crippen molar-refractivity contribution in [1.29, 1.82) is 0 Å². The van der Waals surface area contributed by atoms with Gasteiger partial charge in [0, 0.05) is 17.1 Å². The monoisotopic (exact) mass is 194 g/mol. The van der Waals surface area contributed by atoms with E-state index in [0.717, 1.165) is 23.5 Å². The number of nitrogen functional groups attached to an aromatic ring is 1. The van der Waals surface area contributed by atoms with Gasteiger partial charge in [0.2, 0.25) is 0 Å². The van der Waals surface area contributed by atoms with Crippen LogP contribution in [-0.2, 0) is 6.54 Å². The Morgan fingerprint density at radius 3 is 3.00 bits per heavy atom. The molecule has 1 atom stereocenters. The molecular weight excluding hydrogens is 180 g/mol. The molecule has 1 heterocycles. The third-order valence-electron chi connectivity index (χ3n) is 1.90. The van der Waals surface area contributed by atoms with Crippen LogP contribution in [0.25, 0.3) is 0 Å². The number of hydrogen-bond donors (Lipinski definition) is 2. The van der Waals surface area contributed by atoms with Gasteiger partial charge in [0.05, 0.1) is 6.04 Å². The molecule has 0 aromatic carbocycles. The molecule has 0 bridgehead atoms. The van der Waals surface area contributed by atoms with E-state index in [0.29, 0.717) is 0 Å². The van der Waals surface area contributed by atoms with Gasteiger partial charge < -0.3 is 5.73 Å². The second-order valence-corrected chi connectivity index (χ2v) is 3.81. The van der Waals surface area contributed by atoms with E-state index in [4.69, 9.17) is 12.2 Å². The van der Waals surface area contributed by atoms with Crippen LogP contribution in [-0.4, -0.2) is 6.04 Å². The van der Waals surface area contributed by atoms with Crippen molar-refractivity contribution < 1.29 is 0 Å². The zero-order chi connectivity index (χ0) is 9.68. The van der Waals surface area contributed by atoms with Gasteiger partial charge in [-0.25, -0.2) is 0 Å². The maximum atomic E-state index is 5.73. The average molecular weight is 194 g/mol. The maximum absolute atomic E-state index is 5.73. The Bertz CT molecular complexity index is 298. The molecule has 1 unspecified atom stereocenters. The van der Waals surface area contributed by atoms with Gasteiger partial charge >= 0.3 is 0 Å². The summed E-state index contributed by atoms with van der Waals surface area (Å²) in [5.74, 6) is 2.69. The molecule has 0 radical (unpaired) electrons. The molecule has 0 fully saturated rings. The quantitative estimate of drug-likeness (QED) is 0.718. The second-order valence-electron chi connectivity index (χ2n) is 2.81. The van der Waals surface area contributed by atoms with E-state index < -0.39 is 0 Å². The van der Waals surface area contributed by atoms with Gasteiger partial charge in [-0.1, -0.05) is 12.8 Å². The predicted octanol–water partition coefficient (Wildman–Crippen LogP) is 1.83. The molecule has 13 heavy (non-hydrogen) atoms. The fourth-order valence-electron chi connectivity index (χ4n) is 1.03. The van der Waals surface area contributed by atoms with Crippen molar-refractivity contribution in [2.45, 2.75) is 25.9 Å². The molecule has 70 valence electrons. The SMILES string of the molecule is C#CC(CC)NCc1sccc1N. The van der Waals surface area contributed by atoms with E-state index in [1.807, 2.05) is 11.4 Å². The molecule has 0 amide bonds. The minimum absolute atomic E-state index is 0.154. The Hall–Kier alpha value is -0.980. The zero-order valence-corrected chi connectivity index (χ0v) is 8.53. The molecule has 0 aliphatic heterocycles. The van der Waals surface area contributed by atoms with Crippen LogP contribution in [0.2, 0.25) is 0 Å². The van der Waals surface area contributed by atoms with Crippen molar-refractivity contribution in [3.63, 3.8) is 0 Å². The zero-order valence-electron chi connectivity index (χ0n) is 7.71. The highest BCUT2D eigenvalue weighted by molar-refractivity contribution is 7.10. The highest BCUT2D eigenvalue weighted by Crippen LogP contribution is 2.18. The van der Waals surface area contributed by atoms with Gasteiger partial charge in [0.15, 0.2) is 0 Å². The Morgan fingerprint density at radius 2 is 2.54 bits per heavy atom. The molecule has 0 spiro atoms. The number of hydrogen-bond acceptors (Lipinski definition) is 3. The summed E-state index contributed by atoms with van der Waals surface area (Å²) in [6, 6.07) is 2.07. The summed E-state index contributed by atoms with van der Waals surface area (Å²) in [6.45, 7) is 2.83. The highest BCUT2D eigenvalue weighted by atomic mass is 32.1. The number of nitrogens with one attached hydrogen (secondary N) is 1. The fourth-order valence-corrected chi connectivity index (χ4v) is 1.78. The first-order chi connectivity index (χ1) is 6.27. The van der Waals surface area contributed by atoms with Gasteiger partial charge in [0.25, 0.3) is 0 Å². The van der Waals surface area contributed by atoms with Crippen LogP contribution in [0.3, 0.4) is 0 Å². The molecule has 0 saturated heterocycles. The first-order valence-corrected chi connectivity index (χ1v) is 5.17. The van der Waals surface area contributed by atoms with E-state index >= 15 is 0 Å². The lowest BCUT2D eigenvalue weighted by atomic mass is 10.2. The Kier molecular flexibility index (Phi) is 3.81. The van der Waals surface area contributed by atoms with Crippen LogP contribution in [0, 0.1) is 12.3 Å². The number of nitrogens with two attached hydrogens (primary N) is 1. The molecule has 1 aromatic rings. The van der Waals surface area contributed by atoms with Gasteiger partial charge in [0.1, 0.15) is 0 Å². The highest BCUT2D eigenvalue weighted by Gasteiger charge is 2.03. The lowest BCUT2D eigenvalue weighted by Crippen LogP contribution is -2.25. The van der Waals surface area contributed by atoms with Crippen molar-refractivity contribution in [2.24, 2.45) is 0 Å². The fraction of sp³-hybridized carbons (Fsp3) is 0.400. The summed E-state index contributed by atoms with van der Waals surface area (Å²) in [7, 11) is 0. The smallest absolute Gasteiger partial charge is 0.0687 e. The average Bonchev–Trinajstić information content (AvgIpc) is 2.54. The molecule has 3 heteroatoms. The van der Waals surface area contributed by atoms with Crippen molar-refractivity contribution in [3.8, 4) is 12.3 Å². The van der Waals surface area contributed by atoms with Gasteiger partial charge in [-0.3, -0.25) is 5.32 Å². The lowest BCUT2D eigenvalue weighted by molar-refractivity contribution is 0.597. The summed E-state index contributed by atoms with van der Waals surface area (Å²) in [4.78, 5) is 1.16. The number of anilines is 1. The molecule has 0 aliphatic rings. The molecule has 0 saturated carbocycles. The summed E-state index contributed by atoms with van der Waals surface area (Å²) in [5, 5.41) is 5.25. The molecule has 1 rings (SSSR count). The Balaban J connectivity index is 2.44. The topological polar surface area (TPSA) is 38.0 Å². The van der Waals surface area contributed by atoms with Crippen LogP contribution in [0.5, 0.6) is 0 Å². The number of rotatable bonds is 4. The summed E-state index contributed by atoms with van der Waals surface area (Å²) < 4.78 is 0. The van der Waals surface area contributed by atoms with E-state index in [-0.39, 0.29) is 6.04 Å². The minimum Gasteiger partial charge on any atom is -0.398 e. The number of thiophene rings is 1. The summed E-state index contributed by atoms with van der Waals surface area (Å²) in [5.41, 5.74) is 6.58. The molecule has 0 aliphatic carbocycles. The summed E-state index contributed by atoms with van der Waals surface area (Å²) >= 11 is 1.66. The standard InChI is InChI=1S/C10H14N2S/c1-3-8(4-2)12-7-10-9(11)5-6-13-10/h1,5-6,8,12H,4,7,11H2,2H3. The second kappa shape index (κ2) is 4.90.